The van der Waals surface area contributed by atoms with Crippen molar-refractivity contribution in [1.29, 1.82) is 0 Å². The van der Waals surface area contributed by atoms with Crippen LogP contribution >= 0.6 is 11.6 Å². The first-order valence-electron chi connectivity index (χ1n) is 10.2. The SMILES string of the molecule is CCOC(=O)CCCOc1ccc2nc(C)n(Cc3ccc(OCC)cc3Cl)c2c1. The molecule has 3 rings (SSSR count). The molecule has 1 heterocycles. The van der Waals surface area contributed by atoms with Crippen molar-refractivity contribution in [1.82, 2.24) is 9.55 Å². The van der Waals surface area contributed by atoms with Gasteiger partial charge in [0.05, 0.1) is 37.4 Å². The van der Waals surface area contributed by atoms with Crippen molar-refractivity contribution in [3.63, 3.8) is 0 Å². The van der Waals surface area contributed by atoms with E-state index in [1.54, 1.807) is 6.92 Å². The van der Waals surface area contributed by atoms with Crippen molar-refractivity contribution in [2.75, 3.05) is 19.8 Å². The average molecular weight is 431 g/mol. The molecule has 7 heteroatoms. The molecule has 0 fully saturated rings. The van der Waals surface area contributed by atoms with Crippen LogP contribution in [0.3, 0.4) is 0 Å². The van der Waals surface area contributed by atoms with E-state index in [1.807, 2.05) is 50.2 Å². The van der Waals surface area contributed by atoms with Crippen molar-refractivity contribution >= 4 is 28.6 Å². The fourth-order valence-corrected chi connectivity index (χ4v) is 3.47. The number of ether oxygens (including phenoxy) is 3. The largest absolute Gasteiger partial charge is 0.494 e. The van der Waals surface area contributed by atoms with Crippen LogP contribution in [0.2, 0.25) is 5.02 Å². The Balaban J connectivity index is 1.73. The van der Waals surface area contributed by atoms with Gasteiger partial charge in [0, 0.05) is 17.5 Å². The van der Waals surface area contributed by atoms with Crippen LogP contribution in [0.4, 0.5) is 0 Å². The predicted molar refractivity (Wildman–Crippen MR) is 118 cm³/mol. The molecule has 0 saturated heterocycles. The Bertz CT molecular complexity index is 1020. The minimum atomic E-state index is -0.197. The minimum absolute atomic E-state index is 0.197. The topological polar surface area (TPSA) is 62.6 Å². The number of hydrogen-bond acceptors (Lipinski definition) is 5. The van der Waals surface area contributed by atoms with E-state index in [2.05, 4.69) is 9.55 Å². The van der Waals surface area contributed by atoms with E-state index < -0.39 is 0 Å². The van der Waals surface area contributed by atoms with E-state index >= 15 is 0 Å². The normalized spacial score (nSPS) is 10.9. The number of benzene rings is 2. The van der Waals surface area contributed by atoms with Crippen molar-refractivity contribution in [2.24, 2.45) is 0 Å². The van der Waals surface area contributed by atoms with E-state index in [-0.39, 0.29) is 5.97 Å². The van der Waals surface area contributed by atoms with Crippen molar-refractivity contribution in [2.45, 2.75) is 40.2 Å². The molecule has 0 aliphatic heterocycles. The summed E-state index contributed by atoms with van der Waals surface area (Å²) in [5.74, 6) is 2.20. The molecule has 0 aliphatic carbocycles. The molecule has 30 heavy (non-hydrogen) atoms. The monoisotopic (exact) mass is 430 g/mol. The molecule has 0 radical (unpaired) electrons. The zero-order chi connectivity index (χ0) is 21.5. The van der Waals surface area contributed by atoms with E-state index in [0.717, 1.165) is 33.9 Å². The Kier molecular flexibility index (Phi) is 7.57. The van der Waals surface area contributed by atoms with Gasteiger partial charge in [0.2, 0.25) is 0 Å². The predicted octanol–water partition coefficient (Wildman–Crippen LogP) is 5.17. The minimum Gasteiger partial charge on any atom is -0.494 e. The number of aromatic nitrogens is 2. The third-order valence-corrected chi connectivity index (χ3v) is 5.03. The number of hydrogen-bond donors (Lipinski definition) is 0. The summed E-state index contributed by atoms with van der Waals surface area (Å²) in [7, 11) is 0. The molecular weight excluding hydrogens is 404 g/mol. The maximum atomic E-state index is 11.4. The number of imidazole rings is 1. The van der Waals surface area contributed by atoms with Crippen LogP contribution in [0.25, 0.3) is 11.0 Å². The van der Waals surface area contributed by atoms with Crippen LogP contribution < -0.4 is 9.47 Å². The molecule has 1 aromatic heterocycles. The highest BCUT2D eigenvalue weighted by molar-refractivity contribution is 6.31. The highest BCUT2D eigenvalue weighted by Crippen LogP contribution is 2.27. The number of carbonyl (C=O) groups excluding carboxylic acids is 1. The number of halogens is 1. The van der Waals surface area contributed by atoms with Crippen LogP contribution in [-0.2, 0) is 16.1 Å². The standard InChI is InChI=1S/C23H27ClN2O4/c1-4-28-18-9-8-17(20(24)13-18)15-26-16(3)25-21-11-10-19(14-22(21)26)30-12-6-7-23(27)29-5-2/h8-11,13-14H,4-7,12,15H2,1-3H3. The van der Waals surface area contributed by atoms with Gasteiger partial charge in [0.15, 0.2) is 0 Å². The highest BCUT2D eigenvalue weighted by Gasteiger charge is 2.12. The lowest BCUT2D eigenvalue weighted by Gasteiger charge is -2.11. The first kappa shape index (κ1) is 22.0. The van der Waals surface area contributed by atoms with Crippen LogP contribution in [-0.4, -0.2) is 35.3 Å². The first-order chi connectivity index (χ1) is 14.5. The third-order valence-electron chi connectivity index (χ3n) is 4.67. The summed E-state index contributed by atoms with van der Waals surface area (Å²) < 4.78 is 18.4. The molecule has 0 amide bonds. The summed E-state index contributed by atoms with van der Waals surface area (Å²) in [5.41, 5.74) is 2.86. The number of rotatable bonds is 10. The van der Waals surface area contributed by atoms with Gasteiger partial charge in [0.25, 0.3) is 0 Å². The van der Waals surface area contributed by atoms with Gasteiger partial charge in [-0.15, -0.1) is 0 Å². The third kappa shape index (κ3) is 5.45. The number of carbonyl (C=O) groups is 1. The fourth-order valence-electron chi connectivity index (χ4n) is 3.24. The number of nitrogens with zero attached hydrogens (tertiary/aromatic N) is 2. The zero-order valence-corrected chi connectivity index (χ0v) is 18.4. The summed E-state index contributed by atoms with van der Waals surface area (Å²) in [4.78, 5) is 16.1. The van der Waals surface area contributed by atoms with Crippen molar-refractivity contribution in [3.8, 4) is 11.5 Å². The maximum Gasteiger partial charge on any atom is 0.305 e. The molecule has 0 bridgehead atoms. The molecular formula is C23H27ClN2O4. The van der Waals surface area contributed by atoms with Gasteiger partial charge in [0.1, 0.15) is 17.3 Å². The van der Waals surface area contributed by atoms with Gasteiger partial charge in [-0.1, -0.05) is 17.7 Å². The van der Waals surface area contributed by atoms with Gasteiger partial charge >= 0.3 is 5.97 Å². The van der Waals surface area contributed by atoms with Crippen LogP contribution in [0.5, 0.6) is 11.5 Å². The van der Waals surface area contributed by atoms with Gasteiger partial charge < -0.3 is 18.8 Å². The summed E-state index contributed by atoms with van der Waals surface area (Å²) >= 11 is 6.47. The highest BCUT2D eigenvalue weighted by atomic mass is 35.5. The second-order valence-corrected chi connectivity index (χ2v) is 7.25. The fraction of sp³-hybridized carbons (Fsp3) is 0.391. The summed E-state index contributed by atoms with van der Waals surface area (Å²) in [6, 6.07) is 11.6. The van der Waals surface area contributed by atoms with Gasteiger partial charge in [-0.3, -0.25) is 4.79 Å². The Morgan fingerprint density at radius 2 is 1.83 bits per heavy atom. The molecule has 3 aromatic rings. The smallest absolute Gasteiger partial charge is 0.305 e. The quantitative estimate of drug-likeness (QED) is 0.328. The number of esters is 1. The lowest BCUT2D eigenvalue weighted by atomic mass is 10.2. The van der Waals surface area contributed by atoms with Crippen LogP contribution in [0.15, 0.2) is 36.4 Å². The molecule has 2 aromatic carbocycles. The Morgan fingerprint density at radius 1 is 1.07 bits per heavy atom. The van der Waals surface area contributed by atoms with Crippen LogP contribution in [0, 0.1) is 6.92 Å². The average Bonchev–Trinajstić information content (AvgIpc) is 3.02. The molecule has 0 unspecified atom stereocenters. The Morgan fingerprint density at radius 3 is 2.57 bits per heavy atom. The molecule has 0 spiro atoms. The lowest BCUT2D eigenvalue weighted by Crippen LogP contribution is -2.07. The van der Waals surface area contributed by atoms with Crippen molar-refractivity contribution < 1.29 is 19.0 Å². The van der Waals surface area contributed by atoms with E-state index in [4.69, 9.17) is 25.8 Å². The summed E-state index contributed by atoms with van der Waals surface area (Å²) in [6.45, 7) is 7.76. The number of aryl methyl sites for hydroxylation is 1. The van der Waals surface area contributed by atoms with E-state index in [0.29, 0.717) is 44.2 Å². The van der Waals surface area contributed by atoms with Gasteiger partial charge in [-0.05, 0) is 57.0 Å². The van der Waals surface area contributed by atoms with Gasteiger partial charge in [-0.2, -0.15) is 0 Å². The van der Waals surface area contributed by atoms with Gasteiger partial charge in [-0.25, -0.2) is 4.98 Å². The second kappa shape index (κ2) is 10.3. The number of fused-ring (bicyclic) bond motifs is 1. The summed E-state index contributed by atoms with van der Waals surface area (Å²) in [6.07, 6.45) is 0.959. The zero-order valence-electron chi connectivity index (χ0n) is 17.6. The molecule has 0 aliphatic rings. The van der Waals surface area contributed by atoms with E-state index in [1.165, 1.54) is 0 Å². The van der Waals surface area contributed by atoms with E-state index in [9.17, 15) is 4.79 Å². The first-order valence-corrected chi connectivity index (χ1v) is 10.6. The lowest BCUT2D eigenvalue weighted by molar-refractivity contribution is -0.143. The maximum absolute atomic E-state index is 11.4. The summed E-state index contributed by atoms with van der Waals surface area (Å²) in [5, 5.41) is 0.661. The molecule has 0 saturated carbocycles. The van der Waals surface area contributed by atoms with Crippen molar-refractivity contribution in [3.05, 3.63) is 52.8 Å². The second-order valence-electron chi connectivity index (χ2n) is 6.84. The Labute approximate surface area is 181 Å². The Hall–Kier alpha value is -2.73. The van der Waals surface area contributed by atoms with Crippen LogP contribution in [0.1, 0.15) is 38.1 Å². The molecule has 6 nitrogen and oxygen atoms in total. The molecule has 0 atom stereocenters. The molecule has 160 valence electrons. The molecule has 0 N–H and O–H groups in total.